The number of alkyl halides is 3. The number of hydrogen-bond acceptors (Lipinski definition) is 3. The molecule has 0 aliphatic carbocycles. The summed E-state index contributed by atoms with van der Waals surface area (Å²) in [7, 11) is 0. The minimum atomic E-state index is -4.41. The van der Waals surface area contributed by atoms with Crippen LogP contribution in [0, 0.1) is 5.92 Å². The molecule has 8 heteroatoms. The molecular formula is C19H22F3N3O2. The Balaban J connectivity index is 1.85. The van der Waals surface area contributed by atoms with Crippen LogP contribution in [0.1, 0.15) is 31.0 Å². The average molecular weight is 381 g/mol. The standard InChI is InChI=1S/C19H22F3N3O2/c1-13(2)17(15-6-4-3-5-7-15)25-18(26)24-11-14-8-9-16(23-10-14)27-12-19(20,21)22/h3-10,13,17H,11-12H2,1-2H3,(H2,24,25,26). The maximum Gasteiger partial charge on any atom is 0.422 e. The summed E-state index contributed by atoms with van der Waals surface area (Å²) >= 11 is 0. The van der Waals surface area contributed by atoms with Crippen LogP contribution in [0.4, 0.5) is 18.0 Å². The molecule has 1 atom stereocenters. The van der Waals surface area contributed by atoms with Crippen LogP contribution in [-0.2, 0) is 6.54 Å². The second-order valence-electron chi connectivity index (χ2n) is 6.37. The summed E-state index contributed by atoms with van der Waals surface area (Å²) in [5.74, 6) is 0.0781. The molecular weight excluding hydrogens is 359 g/mol. The lowest BCUT2D eigenvalue weighted by Crippen LogP contribution is -2.39. The van der Waals surface area contributed by atoms with Gasteiger partial charge in [-0.05, 0) is 17.0 Å². The first-order valence-corrected chi connectivity index (χ1v) is 8.48. The number of amides is 2. The Morgan fingerprint density at radius 1 is 1.15 bits per heavy atom. The van der Waals surface area contributed by atoms with Crippen molar-refractivity contribution in [2.24, 2.45) is 5.92 Å². The fourth-order valence-corrected chi connectivity index (χ4v) is 2.43. The number of nitrogens with zero attached hydrogens (tertiary/aromatic N) is 1. The molecule has 2 rings (SSSR count). The van der Waals surface area contributed by atoms with Gasteiger partial charge in [0.2, 0.25) is 5.88 Å². The topological polar surface area (TPSA) is 63.2 Å². The van der Waals surface area contributed by atoms with Crippen molar-refractivity contribution >= 4 is 6.03 Å². The molecule has 5 nitrogen and oxygen atoms in total. The van der Waals surface area contributed by atoms with Gasteiger partial charge in [-0.3, -0.25) is 0 Å². The monoisotopic (exact) mass is 381 g/mol. The van der Waals surface area contributed by atoms with Crippen molar-refractivity contribution in [3.05, 3.63) is 59.8 Å². The second kappa shape index (κ2) is 9.25. The van der Waals surface area contributed by atoms with Gasteiger partial charge in [0.15, 0.2) is 6.61 Å². The number of carbonyl (C=O) groups excluding carboxylic acids is 1. The highest BCUT2D eigenvalue weighted by Gasteiger charge is 2.28. The van der Waals surface area contributed by atoms with E-state index in [4.69, 9.17) is 0 Å². The van der Waals surface area contributed by atoms with Gasteiger partial charge in [0.1, 0.15) is 0 Å². The van der Waals surface area contributed by atoms with Crippen molar-refractivity contribution in [1.29, 1.82) is 0 Å². The van der Waals surface area contributed by atoms with E-state index < -0.39 is 12.8 Å². The maximum absolute atomic E-state index is 12.2. The second-order valence-corrected chi connectivity index (χ2v) is 6.37. The third kappa shape index (κ3) is 7.16. The number of urea groups is 1. The predicted molar refractivity (Wildman–Crippen MR) is 95.2 cm³/mol. The van der Waals surface area contributed by atoms with E-state index in [-0.39, 0.29) is 30.4 Å². The molecule has 1 aromatic carbocycles. The zero-order chi connectivity index (χ0) is 19.9. The number of nitrogens with one attached hydrogen (secondary N) is 2. The van der Waals surface area contributed by atoms with Crippen LogP contribution in [0.2, 0.25) is 0 Å². The molecule has 0 aliphatic rings. The number of aromatic nitrogens is 1. The molecule has 0 spiro atoms. The zero-order valence-corrected chi connectivity index (χ0v) is 15.1. The first kappa shape index (κ1) is 20.5. The van der Waals surface area contributed by atoms with Crippen LogP contribution in [0.15, 0.2) is 48.7 Å². The lowest BCUT2D eigenvalue weighted by molar-refractivity contribution is -0.154. The van der Waals surface area contributed by atoms with E-state index in [0.29, 0.717) is 5.56 Å². The Bertz CT molecular complexity index is 719. The van der Waals surface area contributed by atoms with Gasteiger partial charge < -0.3 is 15.4 Å². The van der Waals surface area contributed by atoms with E-state index in [9.17, 15) is 18.0 Å². The third-order valence-corrected chi connectivity index (χ3v) is 3.75. The Labute approximate surface area is 155 Å². The normalized spacial score (nSPS) is 12.5. The van der Waals surface area contributed by atoms with Crippen molar-refractivity contribution < 1.29 is 22.7 Å². The number of rotatable bonds is 7. The summed E-state index contributed by atoms with van der Waals surface area (Å²) in [6, 6.07) is 12.1. The van der Waals surface area contributed by atoms with Crippen LogP contribution in [0.25, 0.3) is 0 Å². The Hall–Kier alpha value is -2.77. The number of carbonyl (C=O) groups is 1. The molecule has 0 fully saturated rings. The number of pyridine rings is 1. The lowest BCUT2D eigenvalue weighted by Gasteiger charge is -2.23. The van der Waals surface area contributed by atoms with Gasteiger partial charge in [-0.25, -0.2) is 9.78 Å². The van der Waals surface area contributed by atoms with Crippen molar-refractivity contribution in [2.45, 2.75) is 32.6 Å². The molecule has 1 aromatic heterocycles. The van der Waals surface area contributed by atoms with E-state index in [1.165, 1.54) is 12.3 Å². The molecule has 0 saturated carbocycles. The van der Waals surface area contributed by atoms with Gasteiger partial charge in [0.05, 0.1) is 6.04 Å². The summed E-state index contributed by atoms with van der Waals surface area (Å²) in [5, 5.41) is 5.65. The quantitative estimate of drug-likeness (QED) is 0.755. The summed E-state index contributed by atoms with van der Waals surface area (Å²) in [6.07, 6.45) is -3.05. The first-order chi connectivity index (χ1) is 12.7. The zero-order valence-electron chi connectivity index (χ0n) is 15.1. The molecule has 0 bridgehead atoms. The molecule has 1 heterocycles. The van der Waals surface area contributed by atoms with E-state index in [0.717, 1.165) is 5.56 Å². The van der Waals surface area contributed by atoms with Crippen LogP contribution in [-0.4, -0.2) is 23.8 Å². The van der Waals surface area contributed by atoms with Crippen LogP contribution >= 0.6 is 0 Å². The fraction of sp³-hybridized carbons (Fsp3) is 0.368. The van der Waals surface area contributed by atoms with Gasteiger partial charge in [-0.1, -0.05) is 50.2 Å². The van der Waals surface area contributed by atoms with Crippen LogP contribution in [0.3, 0.4) is 0 Å². The maximum atomic E-state index is 12.2. The summed E-state index contributed by atoms with van der Waals surface area (Å²) in [6.45, 7) is 2.83. The first-order valence-electron chi connectivity index (χ1n) is 8.48. The average Bonchev–Trinajstić information content (AvgIpc) is 2.63. The van der Waals surface area contributed by atoms with E-state index in [1.54, 1.807) is 6.07 Å². The highest BCUT2D eigenvalue weighted by Crippen LogP contribution is 2.21. The molecule has 27 heavy (non-hydrogen) atoms. The Kier molecular flexibility index (Phi) is 7.04. The SMILES string of the molecule is CC(C)C(NC(=O)NCc1ccc(OCC(F)(F)F)nc1)c1ccccc1. The van der Waals surface area contributed by atoms with Gasteiger partial charge in [-0.2, -0.15) is 13.2 Å². The Morgan fingerprint density at radius 3 is 2.41 bits per heavy atom. The molecule has 1 unspecified atom stereocenters. The van der Waals surface area contributed by atoms with Gasteiger partial charge >= 0.3 is 12.2 Å². The molecule has 0 saturated heterocycles. The van der Waals surface area contributed by atoms with Crippen LogP contribution < -0.4 is 15.4 Å². The Morgan fingerprint density at radius 2 is 1.85 bits per heavy atom. The van der Waals surface area contributed by atoms with E-state index in [1.807, 2.05) is 44.2 Å². The number of hydrogen-bond donors (Lipinski definition) is 2. The summed E-state index contributed by atoms with van der Waals surface area (Å²) in [4.78, 5) is 16.0. The van der Waals surface area contributed by atoms with E-state index in [2.05, 4.69) is 20.4 Å². The molecule has 2 aromatic rings. The summed E-state index contributed by atoms with van der Waals surface area (Å²) in [5.41, 5.74) is 1.65. The van der Waals surface area contributed by atoms with Crippen molar-refractivity contribution in [2.75, 3.05) is 6.61 Å². The smallest absolute Gasteiger partial charge is 0.422 e. The lowest BCUT2D eigenvalue weighted by atomic mass is 9.96. The number of ether oxygens (including phenoxy) is 1. The molecule has 146 valence electrons. The molecule has 2 amide bonds. The van der Waals surface area contributed by atoms with Crippen molar-refractivity contribution in [3.8, 4) is 5.88 Å². The number of halogens is 3. The minimum absolute atomic E-state index is 0.121. The molecule has 0 aliphatic heterocycles. The number of benzene rings is 1. The van der Waals surface area contributed by atoms with Gasteiger partial charge in [0, 0.05) is 18.8 Å². The van der Waals surface area contributed by atoms with Crippen molar-refractivity contribution in [3.63, 3.8) is 0 Å². The predicted octanol–water partition coefficient (Wildman–Crippen LogP) is 4.22. The summed E-state index contributed by atoms with van der Waals surface area (Å²) < 4.78 is 40.9. The molecule has 0 radical (unpaired) electrons. The highest BCUT2D eigenvalue weighted by molar-refractivity contribution is 5.74. The third-order valence-electron chi connectivity index (χ3n) is 3.75. The fourth-order valence-electron chi connectivity index (χ4n) is 2.43. The highest BCUT2D eigenvalue weighted by atomic mass is 19.4. The minimum Gasteiger partial charge on any atom is -0.468 e. The van der Waals surface area contributed by atoms with Crippen molar-refractivity contribution in [1.82, 2.24) is 15.6 Å². The molecule has 2 N–H and O–H groups in total. The van der Waals surface area contributed by atoms with E-state index >= 15 is 0 Å². The van der Waals surface area contributed by atoms with Crippen LogP contribution in [0.5, 0.6) is 5.88 Å². The van der Waals surface area contributed by atoms with Gasteiger partial charge in [0.25, 0.3) is 0 Å². The largest absolute Gasteiger partial charge is 0.468 e. The van der Waals surface area contributed by atoms with Gasteiger partial charge in [-0.15, -0.1) is 0 Å².